The van der Waals surface area contributed by atoms with Gasteiger partial charge in [-0.3, -0.25) is 9.36 Å². The fourth-order valence-corrected chi connectivity index (χ4v) is 2.63. The zero-order valence-corrected chi connectivity index (χ0v) is 12.3. The zero-order chi connectivity index (χ0) is 16.1. The Morgan fingerprint density at radius 1 is 1.27 bits per heavy atom. The summed E-state index contributed by atoms with van der Waals surface area (Å²) in [7, 11) is -4.01. The van der Waals surface area contributed by atoms with Gasteiger partial charge in [0.25, 0.3) is 15.9 Å². The number of sulfonamides is 1. The van der Waals surface area contributed by atoms with Crippen molar-refractivity contribution in [3.05, 3.63) is 41.9 Å². The number of aromatic nitrogens is 2. The number of hydrogen-bond donors (Lipinski definition) is 2. The monoisotopic (exact) mass is 320 g/mol. The van der Waals surface area contributed by atoms with Crippen LogP contribution < -0.4 is 10.9 Å². The van der Waals surface area contributed by atoms with E-state index in [0.29, 0.717) is 22.5 Å². The maximum Gasteiger partial charge on any atom is 0.299 e. The molecule has 0 fully saturated rings. The van der Waals surface area contributed by atoms with Crippen LogP contribution in [0, 0.1) is 6.92 Å². The molecule has 22 heavy (non-hydrogen) atoms. The Balaban J connectivity index is 2.15. The van der Waals surface area contributed by atoms with Crippen LogP contribution in [-0.4, -0.2) is 23.9 Å². The third-order valence-corrected chi connectivity index (χ3v) is 3.90. The number of carbonyl (C=O) groups is 1. The van der Waals surface area contributed by atoms with Crippen LogP contribution in [0.3, 0.4) is 0 Å². The highest BCUT2D eigenvalue weighted by Crippen LogP contribution is 2.21. The molecule has 2 aromatic heterocycles. The van der Waals surface area contributed by atoms with Gasteiger partial charge in [0, 0.05) is 5.69 Å². The average molecular weight is 320 g/mol. The van der Waals surface area contributed by atoms with E-state index in [4.69, 9.17) is 15.3 Å². The molecular formula is C13H12N4O4S. The van der Waals surface area contributed by atoms with E-state index in [1.54, 1.807) is 25.1 Å². The number of aryl methyl sites for hydroxylation is 1. The number of benzene rings is 1. The standard InChI is InChI=1S/C13H12N4O4S/c1-7-16-9-3-2-8(14)6-10(9)17(7)13(18)11-4-5-12(21-11)22(15,19)20/h2-6H,14H2,1H3,(H2,15,19,20). The van der Waals surface area contributed by atoms with Crippen LogP contribution in [-0.2, 0) is 10.0 Å². The summed E-state index contributed by atoms with van der Waals surface area (Å²) >= 11 is 0. The van der Waals surface area contributed by atoms with Gasteiger partial charge in [0.15, 0.2) is 5.76 Å². The number of rotatable bonds is 2. The number of furan rings is 1. The minimum atomic E-state index is -4.01. The SMILES string of the molecule is Cc1nc2ccc(N)cc2n1C(=O)c1ccc(S(N)(=O)=O)o1. The van der Waals surface area contributed by atoms with Gasteiger partial charge < -0.3 is 10.2 Å². The van der Waals surface area contributed by atoms with Crippen LogP contribution in [0.4, 0.5) is 5.69 Å². The largest absolute Gasteiger partial charge is 0.438 e. The lowest BCUT2D eigenvalue weighted by molar-refractivity contribution is 0.0929. The summed E-state index contributed by atoms with van der Waals surface area (Å²) in [5.74, 6) is -0.284. The van der Waals surface area contributed by atoms with Gasteiger partial charge in [-0.15, -0.1) is 0 Å². The first kappa shape index (κ1) is 14.3. The van der Waals surface area contributed by atoms with Crippen molar-refractivity contribution in [1.29, 1.82) is 0 Å². The molecule has 3 rings (SSSR count). The molecule has 8 nitrogen and oxygen atoms in total. The highest BCUT2D eigenvalue weighted by atomic mass is 32.2. The Hall–Kier alpha value is -2.65. The summed E-state index contributed by atoms with van der Waals surface area (Å²) in [6.07, 6.45) is 0. The summed E-state index contributed by atoms with van der Waals surface area (Å²) in [5.41, 5.74) is 7.31. The lowest BCUT2D eigenvalue weighted by Gasteiger charge is -2.03. The molecule has 0 aliphatic carbocycles. The highest BCUT2D eigenvalue weighted by molar-refractivity contribution is 7.89. The van der Waals surface area contributed by atoms with Crippen molar-refractivity contribution < 1.29 is 17.6 Å². The van der Waals surface area contributed by atoms with Gasteiger partial charge in [-0.25, -0.2) is 18.5 Å². The van der Waals surface area contributed by atoms with E-state index in [2.05, 4.69) is 4.98 Å². The molecule has 9 heteroatoms. The Labute approximate surface area is 125 Å². The minimum Gasteiger partial charge on any atom is -0.438 e. The van der Waals surface area contributed by atoms with Gasteiger partial charge in [0.05, 0.1) is 11.0 Å². The second kappa shape index (κ2) is 4.68. The van der Waals surface area contributed by atoms with E-state index in [1.165, 1.54) is 10.6 Å². The molecule has 0 radical (unpaired) electrons. The zero-order valence-electron chi connectivity index (χ0n) is 11.5. The van der Waals surface area contributed by atoms with Crippen molar-refractivity contribution in [2.24, 2.45) is 5.14 Å². The minimum absolute atomic E-state index is 0.158. The number of nitrogens with zero attached hydrogens (tertiary/aromatic N) is 2. The van der Waals surface area contributed by atoms with Crippen molar-refractivity contribution in [2.45, 2.75) is 12.0 Å². The van der Waals surface area contributed by atoms with Crippen molar-refractivity contribution in [3.63, 3.8) is 0 Å². The molecule has 0 spiro atoms. The van der Waals surface area contributed by atoms with E-state index >= 15 is 0 Å². The molecule has 114 valence electrons. The Morgan fingerprint density at radius 2 is 2.00 bits per heavy atom. The molecule has 0 bridgehead atoms. The van der Waals surface area contributed by atoms with Gasteiger partial charge in [0.1, 0.15) is 5.82 Å². The Bertz CT molecular complexity index is 1000. The summed E-state index contributed by atoms with van der Waals surface area (Å²) in [5, 5.41) is 4.49. The number of hydrogen-bond acceptors (Lipinski definition) is 6. The first-order chi connectivity index (χ1) is 10.3. The molecule has 0 aliphatic rings. The topological polar surface area (TPSA) is 134 Å². The second-order valence-corrected chi connectivity index (χ2v) is 6.20. The van der Waals surface area contributed by atoms with Crippen molar-refractivity contribution in [2.75, 3.05) is 5.73 Å². The fourth-order valence-electron chi connectivity index (χ4n) is 2.17. The van der Waals surface area contributed by atoms with Crippen molar-refractivity contribution >= 4 is 32.7 Å². The normalized spacial score (nSPS) is 11.9. The predicted octanol–water partition coefficient (Wildman–Crippen LogP) is 0.856. The third-order valence-electron chi connectivity index (χ3n) is 3.12. The van der Waals surface area contributed by atoms with E-state index < -0.39 is 21.0 Å². The molecule has 0 atom stereocenters. The van der Waals surface area contributed by atoms with E-state index in [-0.39, 0.29) is 5.76 Å². The average Bonchev–Trinajstić information content (AvgIpc) is 3.01. The van der Waals surface area contributed by atoms with Crippen LogP contribution >= 0.6 is 0 Å². The molecule has 0 unspecified atom stereocenters. The predicted molar refractivity (Wildman–Crippen MR) is 78.7 cm³/mol. The Kier molecular flexibility index (Phi) is 3.04. The van der Waals surface area contributed by atoms with Gasteiger partial charge in [0.2, 0.25) is 5.09 Å². The number of anilines is 1. The second-order valence-electron chi connectivity index (χ2n) is 4.71. The molecule has 0 saturated heterocycles. The Morgan fingerprint density at radius 3 is 2.64 bits per heavy atom. The smallest absolute Gasteiger partial charge is 0.299 e. The molecule has 0 aliphatic heterocycles. The number of fused-ring (bicyclic) bond motifs is 1. The van der Waals surface area contributed by atoms with Crippen LogP contribution in [0.15, 0.2) is 39.8 Å². The van der Waals surface area contributed by atoms with Crippen LogP contribution in [0.5, 0.6) is 0 Å². The number of nitrogen functional groups attached to an aromatic ring is 1. The van der Waals surface area contributed by atoms with Crippen molar-refractivity contribution in [3.8, 4) is 0 Å². The number of imidazole rings is 1. The maximum absolute atomic E-state index is 12.5. The number of nitrogens with two attached hydrogens (primary N) is 2. The van der Waals surface area contributed by atoms with Crippen molar-refractivity contribution in [1.82, 2.24) is 9.55 Å². The van der Waals surface area contributed by atoms with Gasteiger partial charge in [-0.2, -0.15) is 0 Å². The van der Waals surface area contributed by atoms with E-state index in [0.717, 1.165) is 6.07 Å². The third kappa shape index (κ3) is 2.26. The van der Waals surface area contributed by atoms with E-state index in [9.17, 15) is 13.2 Å². The lowest BCUT2D eigenvalue weighted by Crippen LogP contribution is -2.14. The molecule has 0 saturated carbocycles. The van der Waals surface area contributed by atoms with E-state index in [1.807, 2.05) is 0 Å². The molecule has 4 N–H and O–H groups in total. The summed E-state index contributed by atoms with van der Waals surface area (Å²) in [4.78, 5) is 16.8. The molecule has 1 aromatic carbocycles. The first-order valence-corrected chi connectivity index (χ1v) is 7.74. The maximum atomic E-state index is 12.5. The molecular weight excluding hydrogens is 308 g/mol. The summed E-state index contributed by atoms with van der Waals surface area (Å²) in [6.45, 7) is 1.65. The van der Waals surface area contributed by atoms with Crippen LogP contribution in [0.2, 0.25) is 0 Å². The molecule has 2 heterocycles. The fraction of sp³-hybridized carbons (Fsp3) is 0.0769. The van der Waals surface area contributed by atoms with Gasteiger partial charge in [-0.1, -0.05) is 0 Å². The first-order valence-electron chi connectivity index (χ1n) is 6.19. The highest BCUT2D eigenvalue weighted by Gasteiger charge is 2.22. The summed E-state index contributed by atoms with van der Waals surface area (Å²) in [6, 6.07) is 7.36. The quantitative estimate of drug-likeness (QED) is 0.672. The number of primary sulfonamides is 1. The van der Waals surface area contributed by atoms with Gasteiger partial charge >= 0.3 is 0 Å². The van der Waals surface area contributed by atoms with Crippen LogP contribution in [0.25, 0.3) is 11.0 Å². The van der Waals surface area contributed by atoms with Gasteiger partial charge in [-0.05, 0) is 37.3 Å². The molecule has 0 amide bonds. The number of carbonyl (C=O) groups excluding carboxylic acids is 1. The lowest BCUT2D eigenvalue weighted by atomic mass is 10.3. The summed E-state index contributed by atoms with van der Waals surface area (Å²) < 4.78 is 28.8. The van der Waals surface area contributed by atoms with Crippen LogP contribution in [0.1, 0.15) is 16.4 Å². The molecule has 3 aromatic rings.